The Labute approximate surface area is 164 Å². The number of benzene rings is 2. The summed E-state index contributed by atoms with van der Waals surface area (Å²) in [7, 11) is 0. The van der Waals surface area contributed by atoms with E-state index in [-0.39, 0.29) is 24.4 Å². The molecule has 0 aliphatic carbocycles. The van der Waals surface area contributed by atoms with E-state index in [0.29, 0.717) is 16.6 Å². The van der Waals surface area contributed by atoms with Crippen molar-refractivity contribution in [2.45, 2.75) is 19.9 Å². The van der Waals surface area contributed by atoms with E-state index in [1.807, 2.05) is 36.6 Å². The molecule has 0 fully saturated rings. The van der Waals surface area contributed by atoms with Crippen LogP contribution in [0.2, 0.25) is 0 Å². The van der Waals surface area contributed by atoms with E-state index in [9.17, 15) is 9.59 Å². The molecule has 0 unspecified atom stereocenters. The molecule has 0 saturated carbocycles. The van der Waals surface area contributed by atoms with Crippen LogP contribution < -0.4 is 10.9 Å². The number of carbonyl (C=O) groups is 1. The number of aromatic nitrogens is 4. The van der Waals surface area contributed by atoms with E-state index in [1.165, 1.54) is 4.68 Å². The molecule has 2 heterocycles. The number of rotatable bonds is 5. The molecule has 0 radical (unpaired) electrons. The standard InChI is InChI=1S/C20H17N5O2S/c1-13-21-18(12-28-13)14-6-8-15(9-7-14)22-19(26)10-11-25-20(27)16-4-2-3-5-17(16)23-24-25/h2-9,12H,10-11H2,1H3,(H,22,26). The number of hydrogen-bond donors (Lipinski definition) is 1. The van der Waals surface area contributed by atoms with Gasteiger partial charge in [0.25, 0.3) is 5.56 Å². The van der Waals surface area contributed by atoms with Crippen molar-refractivity contribution >= 4 is 33.8 Å². The zero-order valence-electron chi connectivity index (χ0n) is 15.1. The molecule has 0 aliphatic rings. The van der Waals surface area contributed by atoms with Gasteiger partial charge in [-0.3, -0.25) is 9.59 Å². The van der Waals surface area contributed by atoms with Crippen molar-refractivity contribution in [2.24, 2.45) is 0 Å². The molecule has 28 heavy (non-hydrogen) atoms. The molecule has 0 aliphatic heterocycles. The van der Waals surface area contributed by atoms with Crippen molar-refractivity contribution in [3.8, 4) is 11.3 Å². The Morgan fingerprint density at radius 1 is 1.14 bits per heavy atom. The molecule has 4 rings (SSSR count). The topological polar surface area (TPSA) is 89.8 Å². The van der Waals surface area contributed by atoms with Gasteiger partial charge in [-0.15, -0.1) is 16.4 Å². The fourth-order valence-electron chi connectivity index (χ4n) is 2.82. The zero-order chi connectivity index (χ0) is 19.5. The Morgan fingerprint density at radius 3 is 2.68 bits per heavy atom. The Hall–Kier alpha value is -3.39. The summed E-state index contributed by atoms with van der Waals surface area (Å²) in [5, 5.41) is 14.3. The maximum absolute atomic E-state index is 12.4. The van der Waals surface area contributed by atoms with Gasteiger partial charge in [0, 0.05) is 23.1 Å². The van der Waals surface area contributed by atoms with Gasteiger partial charge in [0.1, 0.15) is 5.52 Å². The monoisotopic (exact) mass is 391 g/mol. The lowest BCUT2D eigenvalue weighted by Gasteiger charge is -2.07. The SMILES string of the molecule is Cc1nc(-c2ccc(NC(=O)CCn3nnc4ccccc4c3=O)cc2)cs1. The minimum absolute atomic E-state index is 0.125. The predicted molar refractivity (Wildman–Crippen MR) is 109 cm³/mol. The molecule has 2 aromatic carbocycles. The maximum atomic E-state index is 12.4. The average Bonchev–Trinajstić information content (AvgIpc) is 3.14. The lowest BCUT2D eigenvalue weighted by Crippen LogP contribution is -2.26. The molecular weight excluding hydrogens is 374 g/mol. The van der Waals surface area contributed by atoms with Crippen LogP contribution in [-0.2, 0) is 11.3 Å². The molecule has 4 aromatic rings. The van der Waals surface area contributed by atoms with E-state index < -0.39 is 0 Å². The van der Waals surface area contributed by atoms with Crippen LogP contribution >= 0.6 is 11.3 Å². The summed E-state index contributed by atoms with van der Waals surface area (Å²) < 4.78 is 1.22. The van der Waals surface area contributed by atoms with Crippen LogP contribution in [0.5, 0.6) is 0 Å². The second-order valence-electron chi connectivity index (χ2n) is 6.26. The summed E-state index contributed by atoms with van der Waals surface area (Å²) in [6, 6.07) is 14.5. The van der Waals surface area contributed by atoms with E-state index >= 15 is 0 Å². The van der Waals surface area contributed by atoms with Gasteiger partial charge in [-0.1, -0.05) is 29.5 Å². The number of anilines is 1. The smallest absolute Gasteiger partial charge is 0.277 e. The summed E-state index contributed by atoms with van der Waals surface area (Å²) in [6.07, 6.45) is 0.125. The lowest BCUT2D eigenvalue weighted by atomic mass is 10.1. The molecular formula is C20H17N5O2S. The molecule has 1 amide bonds. The van der Waals surface area contributed by atoms with Gasteiger partial charge in [-0.25, -0.2) is 9.67 Å². The fourth-order valence-corrected chi connectivity index (χ4v) is 3.44. The van der Waals surface area contributed by atoms with Crippen molar-refractivity contribution in [1.82, 2.24) is 20.0 Å². The maximum Gasteiger partial charge on any atom is 0.277 e. The summed E-state index contributed by atoms with van der Waals surface area (Å²) in [5.74, 6) is -0.195. The van der Waals surface area contributed by atoms with Gasteiger partial charge in [-0.05, 0) is 31.2 Å². The van der Waals surface area contributed by atoms with Gasteiger partial charge in [0.15, 0.2) is 0 Å². The van der Waals surface area contributed by atoms with E-state index in [1.54, 1.807) is 35.6 Å². The van der Waals surface area contributed by atoms with E-state index in [2.05, 4.69) is 20.6 Å². The average molecular weight is 391 g/mol. The molecule has 0 saturated heterocycles. The summed E-state index contributed by atoms with van der Waals surface area (Å²) in [5.41, 5.74) is 2.91. The number of aryl methyl sites for hydroxylation is 2. The fraction of sp³-hybridized carbons (Fsp3) is 0.150. The first-order valence-corrected chi connectivity index (χ1v) is 9.63. The van der Waals surface area contributed by atoms with Crippen LogP contribution in [-0.4, -0.2) is 25.9 Å². The molecule has 0 spiro atoms. The molecule has 1 N–H and O–H groups in total. The Bertz CT molecular complexity index is 1200. The van der Waals surface area contributed by atoms with Crippen molar-refractivity contribution in [3.05, 3.63) is 69.3 Å². The van der Waals surface area contributed by atoms with E-state index in [4.69, 9.17) is 0 Å². The lowest BCUT2D eigenvalue weighted by molar-refractivity contribution is -0.116. The first kappa shape index (κ1) is 18.0. The summed E-state index contributed by atoms with van der Waals surface area (Å²) in [4.78, 5) is 29.1. The van der Waals surface area contributed by atoms with Crippen molar-refractivity contribution in [3.63, 3.8) is 0 Å². The second kappa shape index (κ2) is 7.69. The van der Waals surface area contributed by atoms with E-state index in [0.717, 1.165) is 16.3 Å². The van der Waals surface area contributed by atoms with Crippen LogP contribution in [0.1, 0.15) is 11.4 Å². The Balaban J connectivity index is 1.39. The molecule has 0 bridgehead atoms. The Morgan fingerprint density at radius 2 is 1.93 bits per heavy atom. The molecule has 0 atom stereocenters. The molecule has 140 valence electrons. The number of fused-ring (bicyclic) bond motifs is 1. The first-order valence-electron chi connectivity index (χ1n) is 8.75. The molecule has 7 nitrogen and oxygen atoms in total. The van der Waals surface area contributed by atoms with Crippen LogP contribution in [0, 0.1) is 6.92 Å². The van der Waals surface area contributed by atoms with Crippen LogP contribution in [0.3, 0.4) is 0 Å². The predicted octanol–water partition coefficient (Wildman–Crippen LogP) is 3.25. The normalized spacial score (nSPS) is 10.9. The Kier molecular flexibility index (Phi) is 4.94. The third-order valence-electron chi connectivity index (χ3n) is 4.26. The number of amides is 1. The van der Waals surface area contributed by atoms with Crippen molar-refractivity contribution in [2.75, 3.05) is 5.32 Å². The quantitative estimate of drug-likeness (QED) is 0.564. The number of nitrogens with zero attached hydrogens (tertiary/aromatic N) is 4. The first-order chi connectivity index (χ1) is 13.6. The number of thiazole rings is 1. The minimum atomic E-state index is -0.249. The number of hydrogen-bond acceptors (Lipinski definition) is 6. The third-order valence-corrected chi connectivity index (χ3v) is 5.04. The van der Waals surface area contributed by atoms with Crippen LogP contribution in [0.25, 0.3) is 22.2 Å². The van der Waals surface area contributed by atoms with Gasteiger partial charge in [0.05, 0.1) is 22.6 Å². The number of nitrogens with one attached hydrogen (secondary N) is 1. The van der Waals surface area contributed by atoms with Gasteiger partial charge in [0.2, 0.25) is 5.91 Å². The minimum Gasteiger partial charge on any atom is -0.326 e. The van der Waals surface area contributed by atoms with Crippen LogP contribution in [0.4, 0.5) is 5.69 Å². The van der Waals surface area contributed by atoms with Gasteiger partial charge in [-0.2, -0.15) is 0 Å². The van der Waals surface area contributed by atoms with Crippen LogP contribution in [0.15, 0.2) is 58.7 Å². The molecule has 2 aromatic heterocycles. The summed E-state index contributed by atoms with van der Waals surface area (Å²) in [6.45, 7) is 2.13. The molecule has 8 heteroatoms. The highest BCUT2D eigenvalue weighted by Crippen LogP contribution is 2.23. The highest BCUT2D eigenvalue weighted by Gasteiger charge is 2.08. The largest absolute Gasteiger partial charge is 0.326 e. The van der Waals surface area contributed by atoms with Crippen molar-refractivity contribution < 1.29 is 4.79 Å². The highest BCUT2D eigenvalue weighted by molar-refractivity contribution is 7.09. The zero-order valence-corrected chi connectivity index (χ0v) is 15.9. The van der Waals surface area contributed by atoms with Crippen molar-refractivity contribution in [1.29, 1.82) is 0 Å². The van der Waals surface area contributed by atoms with Gasteiger partial charge < -0.3 is 5.32 Å². The highest BCUT2D eigenvalue weighted by atomic mass is 32.1. The summed E-state index contributed by atoms with van der Waals surface area (Å²) >= 11 is 1.60. The van der Waals surface area contributed by atoms with Gasteiger partial charge >= 0.3 is 0 Å². The second-order valence-corrected chi connectivity index (χ2v) is 7.32. The number of carbonyl (C=O) groups excluding carboxylic acids is 1. The third kappa shape index (κ3) is 3.81.